The number of rotatable bonds is 13. The van der Waals surface area contributed by atoms with E-state index in [4.69, 9.17) is 0 Å². The van der Waals surface area contributed by atoms with E-state index in [-0.39, 0.29) is 0 Å². The molecule has 31 heavy (non-hydrogen) atoms. The fourth-order valence-corrected chi connectivity index (χ4v) is 4.18. The average molecular weight is 431 g/mol. The number of aliphatic imine (C=N–C) groups is 1. The van der Waals surface area contributed by atoms with Crippen molar-refractivity contribution >= 4 is 5.96 Å². The van der Waals surface area contributed by atoms with Gasteiger partial charge in [0, 0.05) is 52.4 Å². The van der Waals surface area contributed by atoms with Crippen LogP contribution in [0.15, 0.2) is 35.3 Å². The smallest absolute Gasteiger partial charge is 0.191 e. The summed E-state index contributed by atoms with van der Waals surface area (Å²) in [6, 6.07) is 11.3. The maximum Gasteiger partial charge on any atom is 0.191 e. The second-order valence-corrected chi connectivity index (χ2v) is 8.67. The van der Waals surface area contributed by atoms with E-state index >= 15 is 0 Å². The van der Waals surface area contributed by atoms with Gasteiger partial charge in [-0.3, -0.25) is 9.89 Å². The zero-order valence-corrected chi connectivity index (χ0v) is 20.4. The summed E-state index contributed by atoms with van der Waals surface area (Å²) in [5.41, 5.74) is 1.42. The number of nitrogens with zero attached hydrogens (tertiary/aromatic N) is 4. The fraction of sp³-hybridized carbons (Fsp3) is 0.720. The van der Waals surface area contributed by atoms with Crippen molar-refractivity contribution in [3.05, 3.63) is 35.9 Å². The van der Waals surface area contributed by atoms with Gasteiger partial charge in [0.2, 0.25) is 0 Å². The van der Waals surface area contributed by atoms with E-state index in [1.165, 1.54) is 38.0 Å². The van der Waals surface area contributed by atoms with Crippen LogP contribution in [-0.4, -0.2) is 92.7 Å². The van der Waals surface area contributed by atoms with Crippen LogP contribution < -0.4 is 10.6 Å². The number of piperazine rings is 1. The molecule has 1 aliphatic heterocycles. The first kappa shape index (κ1) is 25.6. The van der Waals surface area contributed by atoms with Gasteiger partial charge in [0.25, 0.3) is 0 Å². The molecule has 0 aliphatic carbocycles. The summed E-state index contributed by atoms with van der Waals surface area (Å²) >= 11 is 0. The van der Waals surface area contributed by atoms with Crippen molar-refractivity contribution in [2.75, 3.05) is 66.0 Å². The molecule has 2 N–H and O–H groups in total. The topological polar surface area (TPSA) is 46.1 Å². The lowest BCUT2D eigenvalue weighted by Gasteiger charge is -2.34. The van der Waals surface area contributed by atoms with Crippen molar-refractivity contribution in [3.63, 3.8) is 0 Å². The highest BCUT2D eigenvalue weighted by Gasteiger charge is 2.16. The largest absolute Gasteiger partial charge is 0.356 e. The van der Waals surface area contributed by atoms with E-state index in [1.54, 1.807) is 0 Å². The van der Waals surface area contributed by atoms with Gasteiger partial charge in [0.05, 0.1) is 0 Å². The Hall–Kier alpha value is -1.63. The van der Waals surface area contributed by atoms with Crippen LogP contribution in [0.4, 0.5) is 0 Å². The molecule has 1 aliphatic rings. The van der Waals surface area contributed by atoms with Crippen LogP contribution in [0.25, 0.3) is 0 Å². The third kappa shape index (κ3) is 10.5. The summed E-state index contributed by atoms with van der Waals surface area (Å²) in [5, 5.41) is 7.04. The molecule has 0 radical (unpaired) electrons. The molecule has 6 heteroatoms. The first-order valence-electron chi connectivity index (χ1n) is 12.3. The van der Waals surface area contributed by atoms with E-state index in [2.05, 4.69) is 81.4 Å². The Labute approximate surface area is 191 Å². The zero-order chi connectivity index (χ0) is 22.3. The zero-order valence-electron chi connectivity index (χ0n) is 20.4. The standard InChI is InChI=1S/C25H46N6/c1-5-29(6-2)16-10-12-23(3)28-25(26-4)27-15-11-17-30-18-20-31(21-19-30)22-24-13-8-7-9-14-24/h7-9,13-14,23H,5-6,10-12,15-22H2,1-4H3,(H2,26,27,28). The highest BCUT2D eigenvalue weighted by atomic mass is 15.3. The molecule has 0 amide bonds. The lowest BCUT2D eigenvalue weighted by molar-refractivity contribution is 0.126. The molecule has 0 spiro atoms. The highest BCUT2D eigenvalue weighted by molar-refractivity contribution is 5.79. The lowest BCUT2D eigenvalue weighted by Crippen LogP contribution is -2.47. The average Bonchev–Trinajstić information content (AvgIpc) is 2.80. The quantitative estimate of drug-likeness (QED) is 0.286. The summed E-state index contributed by atoms with van der Waals surface area (Å²) in [5.74, 6) is 0.933. The molecule has 1 fully saturated rings. The molecule has 0 saturated carbocycles. The van der Waals surface area contributed by atoms with Crippen LogP contribution in [0.2, 0.25) is 0 Å². The number of hydrogen-bond donors (Lipinski definition) is 2. The van der Waals surface area contributed by atoms with Crippen molar-refractivity contribution in [2.24, 2.45) is 4.99 Å². The molecule has 2 rings (SSSR count). The van der Waals surface area contributed by atoms with Crippen LogP contribution in [0, 0.1) is 0 Å². The van der Waals surface area contributed by atoms with Gasteiger partial charge in [0.1, 0.15) is 0 Å². The van der Waals surface area contributed by atoms with E-state index in [1.807, 2.05) is 7.05 Å². The molecule has 1 heterocycles. The molecular weight excluding hydrogens is 384 g/mol. The van der Waals surface area contributed by atoms with Crippen LogP contribution in [0.1, 0.15) is 45.6 Å². The molecule has 0 bridgehead atoms. The predicted molar refractivity (Wildman–Crippen MR) is 134 cm³/mol. The summed E-state index contributed by atoms with van der Waals surface area (Å²) in [6.07, 6.45) is 3.54. The van der Waals surface area contributed by atoms with Crippen molar-refractivity contribution < 1.29 is 0 Å². The van der Waals surface area contributed by atoms with Gasteiger partial charge in [-0.15, -0.1) is 0 Å². The first-order valence-corrected chi connectivity index (χ1v) is 12.3. The minimum Gasteiger partial charge on any atom is -0.356 e. The third-order valence-electron chi connectivity index (χ3n) is 6.27. The monoisotopic (exact) mass is 430 g/mol. The molecule has 1 saturated heterocycles. The Morgan fingerprint density at radius 3 is 2.35 bits per heavy atom. The molecule has 1 aromatic rings. The second-order valence-electron chi connectivity index (χ2n) is 8.67. The summed E-state index contributed by atoms with van der Waals surface area (Å²) in [7, 11) is 1.86. The Morgan fingerprint density at radius 2 is 1.71 bits per heavy atom. The minimum absolute atomic E-state index is 0.444. The lowest BCUT2D eigenvalue weighted by atomic mass is 10.2. The third-order valence-corrected chi connectivity index (χ3v) is 6.27. The van der Waals surface area contributed by atoms with Crippen LogP contribution >= 0.6 is 0 Å². The summed E-state index contributed by atoms with van der Waals surface area (Å²) in [4.78, 5) is 12.0. The molecule has 1 unspecified atom stereocenters. The Morgan fingerprint density at radius 1 is 1.03 bits per heavy atom. The molecule has 176 valence electrons. The van der Waals surface area contributed by atoms with E-state index < -0.39 is 0 Å². The summed E-state index contributed by atoms with van der Waals surface area (Å²) in [6.45, 7) is 18.1. The fourth-order valence-electron chi connectivity index (χ4n) is 4.18. The van der Waals surface area contributed by atoms with Crippen molar-refractivity contribution in [1.29, 1.82) is 0 Å². The van der Waals surface area contributed by atoms with Crippen LogP contribution in [-0.2, 0) is 6.54 Å². The van der Waals surface area contributed by atoms with Gasteiger partial charge in [-0.05, 0) is 57.9 Å². The first-order chi connectivity index (χ1) is 15.1. The number of nitrogens with one attached hydrogen (secondary N) is 2. The SMILES string of the molecule is CCN(CC)CCCC(C)NC(=NC)NCCCN1CCN(Cc2ccccc2)CC1. The number of hydrogen-bond acceptors (Lipinski definition) is 4. The van der Waals surface area contributed by atoms with Gasteiger partial charge in [0.15, 0.2) is 5.96 Å². The molecule has 1 atom stereocenters. The molecule has 1 aromatic carbocycles. The van der Waals surface area contributed by atoms with Gasteiger partial charge >= 0.3 is 0 Å². The second kappa shape index (κ2) is 15.2. The molecule has 0 aromatic heterocycles. The Bertz CT molecular complexity index is 593. The maximum atomic E-state index is 4.40. The van der Waals surface area contributed by atoms with Crippen molar-refractivity contribution in [3.8, 4) is 0 Å². The van der Waals surface area contributed by atoms with Gasteiger partial charge in [-0.1, -0.05) is 44.2 Å². The molecule has 6 nitrogen and oxygen atoms in total. The van der Waals surface area contributed by atoms with Crippen molar-refractivity contribution in [1.82, 2.24) is 25.3 Å². The summed E-state index contributed by atoms with van der Waals surface area (Å²) < 4.78 is 0. The van der Waals surface area contributed by atoms with Gasteiger partial charge in [-0.25, -0.2) is 0 Å². The number of benzene rings is 1. The molecular formula is C25H46N6. The number of guanidine groups is 1. The maximum absolute atomic E-state index is 4.40. The Kier molecular flexibility index (Phi) is 12.6. The van der Waals surface area contributed by atoms with E-state index in [0.29, 0.717) is 6.04 Å². The predicted octanol–water partition coefficient (Wildman–Crippen LogP) is 2.87. The van der Waals surface area contributed by atoms with E-state index in [0.717, 1.165) is 58.2 Å². The van der Waals surface area contributed by atoms with Crippen LogP contribution in [0.3, 0.4) is 0 Å². The highest BCUT2D eigenvalue weighted by Crippen LogP contribution is 2.08. The van der Waals surface area contributed by atoms with Gasteiger partial charge in [-0.2, -0.15) is 0 Å². The normalized spacial score (nSPS) is 17.1. The van der Waals surface area contributed by atoms with Crippen molar-refractivity contribution in [2.45, 2.75) is 52.6 Å². The minimum atomic E-state index is 0.444. The van der Waals surface area contributed by atoms with Crippen LogP contribution in [0.5, 0.6) is 0 Å². The van der Waals surface area contributed by atoms with E-state index in [9.17, 15) is 0 Å². The van der Waals surface area contributed by atoms with Gasteiger partial charge < -0.3 is 20.4 Å². The Balaban J connectivity index is 1.54.